The average molecular weight is 297 g/mol. The molecule has 0 unspecified atom stereocenters. The smallest absolute Gasteiger partial charge is 0.321 e. The molecule has 0 aliphatic heterocycles. The van der Waals surface area contributed by atoms with Gasteiger partial charge in [0.05, 0.1) is 23.5 Å². The van der Waals surface area contributed by atoms with Crippen molar-refractivity contribution in [3.63, 3.8) is 0 Å². The highest BCUT2D eigenvalue weighted by Crippen LogP contribution is 2.22. The van der Waals surface area contributed by atoms with Crippen LogP contribution in [0.25, 0.3) is 0 Å². The van der Waals surface area contributed by atoms with Gasteiger partial charge in [-0.15, -0.1) is 0 Å². The van der Waals surface area contributed by atoms with E-state index in [0.29, 0.717) is 12.2 Å². The van der Waals surface area contributed by atoms with Gasteiger partial charge in [0, 0.05) is 25.9 Å². The summed E-state index contributed by atoms with van der Waals surface area (Å²) in [6.45, 7) is 0.415. The normalized spacial score (nSPS) is 10.4. The SMILES string of the molecule is CN(Cc1cnn(C)c1)C(=O)Nc1ccc(F)cc1Cl. The molecule has 1 N–H and O–H groups in total. The third-order valence-electron chi connectivity index (χ3n) is 2.70. The summed E-state index contributed by atoms with van der Waals surface area (Å²) in [4.78, 5) is 13.5. The Balaban J connectivity index is 2.00. The molecule has 2 amide bonds. The van der Waals surface area contributed by atoms with Crippen LogP contribution in [0.2, 0.25) is 5.02 Å². The zero-order valence-electron chi connectivity index (χ0n) is 11.1. The second-order valence-electron chi connectivity index (χ2n) is 4.43. The predicted octanol–water partition coefficient (Wildman–Crippen LogP) is 2.88. The first kappa shape index (κ1) is 14.3. The van der Waals surface area contributed by atoms with E-state index < -0.39 is 5.82 Å². The molecule has 0 saturated carbocycles. The van der Waals surface area contributed by atoms with Gasteiger partial charge >= 0.3 is 6.03 Å². The molecule has 5 nitrogen and oxygen atoms in total. The Hall–Kier alpha value is -2.08. The van der Waals surface area contributed by atoms with Gasteiger partial charge in [0.2, 0.25) is 0 Å². The van der Waals surface area contributed by atoms with Gasteiger partial charge < -0.3 is 10.2 Å². The van der Waals surface area contributed by atoms with Crippen molar-refractivity contribution < 1.29 is 9.18 Å². The van der Waals surface area contributed by atoms with Crippen molar-refractivity contribution in [2.45, 2.75) is 6.54 Å². The van der Waals surface area contributed by atoms with E-state index in [4.69, 9.17) is 11.6 Å². The van der Waals surface area contributed by atoms with Crippen molar-refractivity contribution in [3.8, 4) is 0 Å². The lowest BCUT2D eigenvalue weighted by Crippen LogP contribution is -2.30. The van der Waals surface area contributed by atoms with E-state index in [9.17, 15) is 9.18 Å². The molecule has 2 aromatic rings. The minimum absolute atomic E-state index is 0.160. The summed E-state index contributed by atoms with van der Waals surface area (Å²) in [7, 11) is 3.46. The van der Waals surface area contributed by atoms with E-state index in [1.807, 2.05) is 13.2 Å². The van der Waals surface area contributed by atoms with Crippen molar-refractivity contribution in [1.29, 1.82) is 0 Å². The maximum Gasteiger partial charge on any atom is 0.321 e. The van der Waals surface area contributed by atoms with E-state index in [2.05, 4.69) is 10.4 Å². The molecule has 106 valence electrons. The number of halogens is 2. The molecule has 0 spiro atoms. The molecule has 0 bridgehead atoms. The van der Waals surface area contributed by atoms with Crippen LogP contribution in [0.4, 0.5) is 14.9 Å². The highest BCUT2D eigenvalue weighted by molar-refractivity contribution is 6.33. The van der Waals surface area contributed by atoms with Crippen LogP contribution in [0, 0.1) is 5.82 Å². The van der Waals surface area contributed by atoms with Crippen LogP contribution in [0.3, 0.4) is 0 Å². The largest absolute Gasteiger partial charge is 0.323 e. The summed E-state index contributed by atoms with van der Waals surface area (Å²) >= 11 is 5.86. The van der Waals surface area contributed by atoms with E-state index in [-0.39, 0.29) is 11.1 Å². The quantitative estimate of drug-likeness (QED) is 0.947. The second kappa shape index (κ2) is 5.92. The van der Waals surface area contributed by atoms with Gasteiger partial charge in [0.1, 0.15) is 5.82 Å². The zero-order chi connectivity index (χ0) is 14.7. The Morgan fingerprint density at radius 1 is 1.55 bits per heavy atom. The lowest BCUT2D eigenvalue weighted by molar-refractivity contribution is 0.220. The van der Waals surface area contributed by atoms with Gasteiger partial charge in [0.25, 0.3) is 0 Å². The Kier molecular flexibility index (Phi) is 4.24. The molecule has 0 fully saturated rings. The number of aryl methyl sites for hydroxylation is 1. The molecule has 2 rings (SSSR count). The first-order valence-electron chi connectivity index (χ1n) is 5.90. The number of carbonyl (C=O) groups excluding carboxylic acids is 1. The number of rotatable bonds is 3. The Bertz CT molecular complexity index is 629. The number of nitrogens with one attached hydrogen (secondary N) is 1. The predicted molar refractivity (Wildman–Crippen MR) is 75.1 cm³/mol. The number of urea groups is 1. The standard InChI is InChI=1S/C13H14ClFN4O/c1-18(7-9-6-16-19(2)8-9)13(20)17-12-4-3-10(15)5-11(12)14/h3-6,8H,7H2,1-2H3,(H,17,20). The minimum Gasteiger partial charge on any atom is -0.323 e. The van der Waals surface area contributed by atoms with Crippen molar-refractivity contribution >= 4 is 23.3 Å². The number of carbonyl (C=O) groups is 1. The highest BCUT2D eigenvalue weighted by atomic mass is 35.5. The second-order valence-corrected chi connectivity index (χ2v) is 4.84. The topological polar surface area (TPSA) is 50.2 Å². The number of benzene rings is 1. The average Bonchev–Trinajstić information content (AvgIpc) is 2.78. The van der Waals surface area contributed by atoms with Crippen LogP contribution in [0.1, 0.15) is 5.56 Å². The molecule has 20 heavy (non-hydrogen) atoms. The van der Waals surface area contributed by atoms with Crippen LogP contribution in [-0.4, -0.2) is 27.8 Å². The van der Waals surface area contributed by atoms with Crippen LogP contribution in [-0.2, 0) is 13.6 Å². The lowest BCUT2D eigenvalue weighted by Gasteiger charge is -2.17. The summed E-state index contributed by atoms with van der Waals surface area (Å²) in [5, 5.41) is 6.82. The maximum absolute atomic E-state index is 12.9. The first-order chi connectivity index (χ1) is 9.45. The monoisotopic (exact) mass is 296 g/mol. The van der Waals surface area contributed by atoms with Crippen LogP contribution < -0.4 is 5.32 Å². The van der Waals surface area contributed by atoms with Gasteiger partial charge in [0.15, 0.2) is 0 Å². The van der Waals surface area contributed by atoms with Crippen molar-refractivity contribution in [3.05, 3.63) is 47.0 Å². The molecule has 1 aromatic heterocycles. The van der Waals surface area contributed by atoms with Crippen LogP contribution in [0.15, 0.2) is 30.6 Å². The summed E-state index contributed by atoms with van der Waals surface area (Å²) in [5.41, 5.74) is 1.28. The van der Waals surface area contributed by atoms with E-state index in [1.165, 1.54) is 17.0 Å². The first-order valence-corrected chi connectivity index (χ1v) is 6.28. The number of nitrogens with zero attached hydrogens (tertiary/aromatic N) is 3. The van der Waals surface area contributed by atoms with Crippen molar-refractivity contribution in [2.75, 3.05) is 12.4 Å². The summed E-state index contributed by atoms with van der Waals surface area (Å²) < 4.78 is 14.6. The Labute approximate surface area is 120 Å². The zero-order valence-corrected chi connectivity index (χ0v) is 11.9. The fraction of sp³-hybridized carbons (Fsp3) is 0.231. The van der Waals surface area contributed by atoms with Crippen LogP contribution >= 0.6 is 11.6 Å². The number of amides is 2. The van der Waals surface area contributed by atoms with E-state index in [0.717, 1.165) is 11.6 Å². The van der Waals surface area contributed by atoms with Gasteiger partial charge in [-0.25, -0.2) is 9.18 Å². The molecule has 1 heterocycles. The lowest BCUT2D eigenvalue weighted by atomic mass is 10.3. The minimum atomic E-state index is -0.447. The molecular formula is C13H14ClFN4O. The maximum atomic E-state index is 12.9. The summed E-state index contributed by atoms with van der Waals surface area (Å²) in [6.07, 6.45) is 3.52. The summed E-state index contributed by atoms with van der Waals surface area (Å²) in [6, 6.07) is 3.48. The molecule has 7 heteroatoms. The van der Waals surface area contributed by atoms with Crippen molar-refractivity contribution in [1.82, 2.24) is 14.7 Å². The van der Waals surface area contributed by atoms with Crippen molar-refractivity contribution in [2.24, 2.45) is 7.05 Å². The fourth-order valence-corrected chi connectivity index (χ4v) is 1.92. The number of anilines is 1. The Morgan fingerprint density at radius 2 is 2.30 bits per heavy atom. The number of hydrogen-bond donors (Lipinski definition) is 1. The van der Waals surface area contributed by atoms with E-state index in [1.54, 1.807) is 17.9 Å². The highest BCUT2D eigenvalue weighted by Gasteiger charge is 2.12. The molecule has 0 radical (unpaired) electrons. The molecule has 0 saturated heterocycles. The van der Waals surface area contributed by atoms with Gasteiger partial charge in [-0.2, -0.15) is 5.10 Å². The third-order valence-corrected chi connectivity index (χ3v) is 3.01. The van der Waals surface area contributed by atoms with Gasteiger partial charge in [-0.05, 0) is 18.2 Å². The fourth-order valence-electron chi connectivity index (χ4n) is 1.70. The van der Waals surface area contributed by atoms with Crippen LogP contribution in [0.5, 0.6) is 0 Å². The molecule has 1 aromatic carbocycles. The van der Waals surface area contributed by atoms with E-state index >= 15 is 0 Å². The van der Waals surface area contributed by atoms with Gasteiger partial charge in [-0.1, -0.05) is 11.6 Å². The number of hydrogen-bond acceptors (Lipinski definition) is 2. The molecular weight excluding hydrogens is 283 g/mol. The molecule has 0 atom stereocenters. The molecule has 0 aliphatic rings. The molecule has 0 aliphatic carbocycles. The third kappa shape index (κ3) is 3.48. The van der Waals surface area contributed by atoms with Gasteiger partial charge in [-0.3, -0.25) is 4.68 Å². The number of aromatic nitrogens is 2. The summed E-state index contributed by atoms with van der Waals surface area (Å²) in [5.74, 6) is -0.447. The Morgan fingerprint density at radius 3 is 2.90 bits per heavy atom.